The predicted molar refractivity (Wildman–Crippen MR) is 92.9 cm³/mol. The summed E-state index contributed by atoms with van der Waals surface area (Å²) in [6.45, 7) is 8.22. The van der Waals surface area contributed by atoms with E-state index in [0.717, 1.165) is 5.56 Å². The second-order valence-corrected chi connectivity index (χ2v) is 6.60. The maximum atomic E-state index is 13.5. The Labute approximate surface area is 148 Å². The van der Waals surface area contributed by atoms with Gasteiger partial charge >= 0.3 is 6.18 Å². The Morgan fingerprint density at radius 1 is 0.957 bits per heavy atom. The molecular weight excluding hydrogens is 348 g/mol. The SMILES string of the molecule is CC(C)(C)c1ccc([C@H](N2CCNCC2)C(F)(F)F)cc1.Cl.Cl. The molecule has 2 nitrogen and oxygen atoms in total. The molecule has 0 bridgehead atoms. The Hall–Kier alpha value is -0.490. The van der Waals surface area contributed by atoms with E-state index in [0.29, 0.717) is 31.7 Å². The Balaban J connectivity index is 0.00000242. The summed E-state index contributed by atoms with van der Waals surface area (Å²) in [6.07, 6.45) is -4.25. The van der Waals surface area contributed by atoms with Crippen LogP contribution in [-0.4, -0.2) is 37.3 Å². The lowest BCUT2D eigenvalue weighted by Gasteiger charge is -2.36. The van der Waals surface area contributed by atoms with E-state index in [1.807, 2.05) is 12.1 Å². The molecule has 0 saturated carbocycles. The molecular formula is C16H25Cl2F3N2. The number of benzene rings is 1. The van der Waals surface area contributed by atoms with Crippen molar-refractivity contribution < 1.29 is 13.2 Å². The van der Waals surface area contributed by atoms with E-state index in [4.69, 9.17) is 0 Å². The van der Waals surface area contributed by atoms with E-state index in [2.05, 4.69) is 26.1 Å². The molecule has 2 rings (SSSR count). The lowest BCUT2D eigenvalue weighted by molar-refractivity contribution is -0.187. The van der Waals surface area contributed by atoms with Gasteiger partial charge in [-0.3, -0.25) is 4.90 Å². The summed E-state index contributed by atoms with van der Waals surface area (Å²) in [7, 11) is 0. The maximum absolute atomic E-state index is 13.5. The zero-order valence-electron chi connectivity index (χ0n) is 13.6. The smallest absolute Gasteiger partial charge is 0.314 e. The molecule has 0 aliphatic carbocycles. The fourth-order valence-corrected chi connectivity index (χ4v) is 2.71. The van der Waals surface area contributed by atoms with Crippen LogP contribution in [0.2, 0.25) is 0 Å². The maximum Gasteiger partial charge on any atom is 0.408 e. The Kier molecular flexibility index (Phi) is 8.38. The Morgan fingerprint density at radius 3 is 1.83 bits per heavy atom. The molecule has 1 aliphatic rings. The summed E-state index contributed by atoms with van der Waals surface area (Å²) >= 11 is 0. The van der Waals surface area contributed by atoms with Crippen LogP contribution in [0.15, 0.2) is 24.3 Å². The number of halogens is 5. The number of piperazine rings is 1. The fraction of sp³-hybridized carbons (Fsp3) is 0.625. The molecule has 0 unspecified atom stereocenters. The van der Waals surface area contributed by atoms with E-state index in [-0.39, 0.29) is 30.2 Å². The summed E-state index contributed by atoms with van der Waals surface area (Å²) in [5, 5.41) is 3.09. The monoisotopic (exact) mass is 372 g/mol. The van der Waals surface area contributed by atoms with Crippen molar-refractivity contribution >= 4 is 24.8 Å². The van der Waals surface area contributed by atoms with Gasteiger partial charge in [0.1, 0.15) is 6.04 Å². The van der Waals surface area contributed by atoms with Crippen LogP contribution in [-0.2, 0) is 5.41 Å². The topological polar surface area (TPSA) is 15.3 Å². The number of alkyl halides is 3. The molecule has 1 heterocycles. The second-order valence-electron chi connectivity index (χ2n) is 6.60. The van der Waals surface area contributed by atoms with Gasteiger partial charge in [-0.1, -0.05) is 45.0 Å². The van der Waals surface area contributed by atoms with Crippen molar-refractivity contribution in [3.63, 3.8) is 0 Å². The molecule has 1 atom stereocenters. The lowest BCUT2D eigenvalue weighted by Crippen LogP contribution is -2.49. The highest BCUT2D eigenvalue weighted by Gasteiger charge is 2.44. The number of nitrogens with one attached hydrogen (secondary N) is 1. The molecule has 0 aromatic heterocycles. The lowest BCUT2D eigenvalue weighted by atomic mass is 9.86. The van der Waals surface area contributed by atoms with Gasteiger partial charge in [0.25, 0.3) is 0 Å². The van der Waals surface area contributed by atoms with Crippen molar-refractivity contribution in [3.05, 3.63) is 35.4 Å². The van der Waals surface area contributed by atoms with Crippen LogP contribution in [0.4, 0.5) is 13.2 Å². The fourth-order valence-electron chi connectivity index (χ4n) is 2.71. The minimum Gasteiger partial charge on any atom is -0.314 e. The van der Waals surface area contributed by atoms with Crippen LogP contribution in [0.3, 0.4) is 0 Å². The largest absolute Gasteiger partial charge is 0.408 e. The van der Waals surface area contributed by atoms with Crippen LogP contribution >= 0.6 is 24.8 Å². The minimum atomic E-state index is -4.25. The Bertz CT molecular complexity index is 464. The van der Waals surface area contributed by atoms with Gasteiger partial charge in [-0.2, -0.15) is 13.2 Å². The van der Waals surface area contributed by atoms with Gasteiger partial charge in [0.15, 0.2) is 0 Å². The molecule has 0 radical (unpaired) electrons. The zero-order valence-corrected chi connectivity index (χ0v) is 15.2. The van der Waals surface area contributed by atoms with Gasteiger partial charge in [-0.15, -0.1) is 24.8 Å². The summed E-state index contributed by atoms with van der Waals surface area (Å²) in [5.74, 6) is 0. The van der Waals surface area contributed by atoms with Crippen molar-refractivity contribution in [1.29, 1.82) is 0 Å². The molecule has 23 heavy (non-hydrogen) atoms. The molecule has 7 heteroatoms. The normalized spacial score (nSPS) is 17.8. The standard InChI is InChI=1S/C16H23F3N2.2ClH/c1-15(2,3)13-6-4-12(5-7-13)14(16(17,18)19)21-10-8-20-9-11-21;;/h4-7,14,20H,8-11H2,1-3H3;2*1H/t14-;;/m0../s1. The van der Waals surface area contributed by atoms with Gasteiger partial charge in [0.2, 0.25) is 0 Å². The average Bonchev–Trinajstić information content (AvgIpc) is 2.38. The number of rotatable bonds is 2. The van der Waals surface area contributed by atoms with Crippen LogP contribution < -0.4 is 5.32 Å². The molecule has 1 saturated heterocycles. The molecule has 134 valence electrons. The highest BCUT2D eigenvalue weighted by Crippen LogP contribution is 2.38. The minimum absolute atomic E-state index is 0. The predicted octanol–water partition coefficient (Wildman–Crippen LogP) is 4.34. The molecule has 1 fully saturated rings. The Morgan fingerprint density at radius 2 is 1.43 bits per heavy atom. The van der Waals surface area contributed by atoms with Crippen molar-refractivity contribution in [2.45, 2.75) is 38.4 Å². The highest BCUT2D eigenvalue weighted by atomic mass is 35.5. The molecule has 1 aliphatic heterocycles. The first kappa shape index (κ1) is 22.5. The zero-order chi connectivity index (χ0) is 15.7. The van der Waals surface area contributed by atoms with Gasteiger partial charge in [0.05, 0.1) is 0 Å². The first-order valence-electron chi connectivity index (χ1n) is 7.31. The van der Waals surface area contributed by atoms with E-state index >= 15 is 0 Å². The van der Waals surface area contributed by atoms with Crippen LogP contribution in [0, 0.1) is 0 Å². The van der Waals surface area contributed by atoms with E-state index in [1.54, 1.807) is 12.1 Å². The molecule has 0 spiro atoms. The quantitative estimate of drug-likeness (QED) is 0.830. The van der Waals surface area contributed by atoms with Gasteiger partial charge in [-0.25, -0.2) is 0 Å². The van der Waals surface area contributed by atoms with E-state index < -0.39 is 12.2 Å². The summed E-state index contributed by atoms with van der Waals surface area (Å²) in [4.78, 5) is 1.52. The van der Waals surface area contributed by atoms with Crippen LogP contribution in [0.5, 0.6) is 0 Å². The molecule has 1 aromatic carbocycles. The third kappa shape index (κ3) is 5.82. The number of hydrogen-bond donors (Lipinski definition) is 1. The van der Waals surface area contributed by atoms with Crippen molar-refractivity contribution in [2.75, 3.05) is 26.2 Å². The third-order valence-electron chi connectivity index (χ3n) is 3.92. The number of hydrogen-bond acceptors (Lipinski definition) is 2. The summed E-state index contributed by atoms with van der Waals surface area (Å²) < 4.78 is 40.4. The highest BCUT2D eigenvalue weighted by molar-refractivity contribution is 5.85. The van der Waals surface area contributed by atoms with Crippen molar-refractivity contribution in [3.8, 4) is 0 Å². The first-order chi connectivity index (χ1) is 9.69. The second kappa shape index (κ2) is 8.56. The summed E-state index contributed by atoms with van der Waals surface area (Å²) in [6, 6.07) is 5.38. The van der Waals surface area contributed by atoms with Crippen molar-refractivity contribution in [2.24, 2.45) is 0 Å². The van der Waals surface area contributed by atoms with Crippen LogP contribution in [0.1, 0.15) is 37.9 Å². The molecule has 0 amide bonds. The average molecular weight is 373 g/mol. The van der Waals surface area contributed by atoms with E-state index in [9.17, 15) is 13.2 Å². The molecule has 1 N–H and O–H groups in total. The van der Waals surface area contributed by atoms with Gasteiger partial charge in [-0.05, 0) is 16.5 Å². The van der Waals surface area contributed by atoms with E-state index in [1.165, 1.54) is 4.90 Å². The first-order valence-corrected chi connectivity index (χ1v) is 7.31. The van der Waals surface area contributed by atoms with Gasteiger partial charge < -0.3 is 5.32 Å². The third-order valence-corrected chi connectivity index (χ3v) is 3.92. The van der Waals surface area contributed by atoms with Crippen molar-refractivity contribution in [1.82, 2.24) is 10.2 Å². The van der Waals surface area contributed by atoms with Crippen LogP contribution in [0.25, 0.3) is 0 Å². The molecule has 1 aromatic rings. The van der Waals surface area contributed by atoms with Gasteiger partial charge in [0, 0.05) is 26.2 Å². The number of nitrogens with zero attached hydrogens (tertiary/aromatic N) is 1. The summed E-state index contributed by atoms with van der Waals surface area (Å²) in [5.41, 5.74) is 1.33.